The van der Waals surface area contributed by atoms with Crippen LogP contribution in [0.5, 0.6) is 0 Å². The molecule has 0 spiro atoms. The van der Waals surface area contributed by atoms with Crippen LogP contribution in [-0.4, -0.2) is 92.0 Å². The summed E-state index contributed by atoms with van der Waals surface area (Å²) < 4.78 is 54.1. The fourth-order valence-electron chi connectivity index (χ4n) is 8.57. The highest BCUT2D eigenvalue weighted by molar-refractivity contribution is 9.11. The second-order valence-corrected chi connectivity index (χ2v) is 28.7. The van der Waals surface area contributed by atoms with Crippen LogP contribution in [0, 0.1) is 23.7 Å². The van der Waals surface area contributed by atoms with Crippen molar-refractivity contribution in [2.75, 3.05) is 49.2 Å². The number of fused-ring (bicyclic) bond motifs is 2. The van der Waals surface area contributed by atoms with Gasteiger partial charge in [-0.05, 0) is 154 Å². The first-order valence-electron chi connectivity index (χ1n) is 29.6. The number of H-pyrrole nitrogens is 2. The van der Waals surface area contributed by atoms with E-state index >= 15 is 0 Å². The number of carboxylic acid groups (broad SMARTS) is 1. The van der Waals surface area contributed by atoms with Crippen molar-refractivity contribution in [3.05, 3.63) is 188 Å². The van der Waals surface area contributed by atoms with E-state index in [1.807, 2.05) is 115 Å². The van der Waals surface area contributed by atoms with Gasteiger partial charge in [0.05, 0.1) is 18.5 Å². The molecule has 4 aromatic carbocycles. The van der Waals surface area contributed by atoms with Crippen LogP contribution in [0.25, 0.3) is 22.1 Å². The van der Waals surface area contributed by atoms with E-state index in [0.29, 0.717) is 56.8 Å². The van der Waals surface area contributed by atoms with Crippen molar-refractivity contribution in [1.82, 2.24) is 46.1 Å². The van der Waals surface area contributed by atoms with Gasteiger partial charge >= 0.3 is 46.7 Å². The summed E-state index contributed by atoms with van der Waals surface area (Å²) >= 11 is 6.97. The molecule has 1 aliphatic heterocycles. The Kier molecular flexibility index (Phi) is 31.6. The smallest absolute Gasteiger partial charge is 0.382 e. The van der Waals surface area contributed by atoms with Gasteiger partial charge in [0, 0.05) is 105 Å². The summed E-state index contributed by atoms with van der Waals surface area (Å²) in [6.07, 6.45) is 9.01. The Balaban J connectivity index is 0.000000228. The van der Waals surface area contributed by atoms with Gasteiger partial charge in [-0.1, -0.05) is 114 Å². The van der Waals surface area contributed by atoms with Crippen molar-refractivity contribution >= 4 is 112 Å². The topological polar surface area (TPSA) is 314 Å². The van der Waals surface area contributed by atoms with Crippen molar-refractivity contribution < 1.29 is 50.9 Å². The molecule has 0 radical (unpaired) electrons. The Labute approximate surface area is 554 Å². The summed E-state index contributed by atoms with van der Waals surface area (Å²) in [6.45, 7) is 17.0. The molecule has 5 heterocycles. The maximum absolute atomic E-state index is 12.3. The van der Waals surface area contributed by atoms with E-state index in [0.717, 1.165) is 64.4 Å². The Hall–Kier alpha value is -7.85. The number of nitrogen functional groups attached to an aromatic ring is 1. The van der Waals surface area contributed by atoms with E-state index in [1.54, 1.807) is 57.4 Å². The van der Waals surface area contributed by atoms with Crippen molar-refractivity contribution in [3.8, 4) is 23.7 Å². The fraction of sp³-hybridized carbons (Fsp3) is 0.292. The van der Waals surface area contributed by atoms with Crippen LogP contribution in [0.15, 0.2) is 155 Å². The predicted molar refractivity (Wildman–Crippen MR) is 371 cm³/mol. The molecule has 0 unspecified atom stereocenters. The molecule has 488 valence electrons. The van der Waals surface area contributed by atoms with Gasteiger partial charge in [0.15, 0.2) is 0 Å². The number of amides is 5. The predicted octanol–water partition coefficient (Wildman–Crippen LogP) is 14.6. The van der Waals surface area contributed by atoms with Crippen molar-refractivity contribution in [3.63, 3.8) is 0 Å². The van der Waals surface area contributed by atoms with Crippen LogP contribution in [0.4, 0.5) is 21.0 Å². The Bertz CT molecular complexity index is 3900. The van der Waals surface area contributed by atoms with Gasteiger partial charge in [-0.2, -0.15) is 0 Å². The summed E-state index contributed by atoms with van der Waals surface area (Å²) in [6, 6.07) is 36.2. The minimum absolute atomic E-state index is 0.109. The summed E-state index contributed by atoms with van der Waals surface area (Å²) in [4.78, 5) is 63.4. The van der Waals surface area contributed by atoms with Gasteiger partial charge in [0.1, 0.15) is 11.3 Å². The van der Waals surface area contributed by atoms with Crippen LogP contribution in [0.1, 0.15) is 94.2 Å². The average molecular weight is 1440 g/mol. The molecule has 5 amide bonds. The summed E-state index contributed by atoms with van der Waals surface area (Å²) in [5.74, 6) is 8.42. The molecule has 1 aliphatic rings. The lowest BCUT2D eigenvalue weighted by molar-refractivity contribution is -0.130. The van der Waals surface area contributed by atoms with Crippen molar-refractivity contribution in [2.24, 2.45) is 0 Å². The molecule has 22 nitrogen and oxygen atoms in total. The quantitative estimate of drug-likeness (QED) is 0.0219. The molecule has 92 heavy (non-hydrogen) atoms. The molecule has 8 aromatic rings. The zero-order chi connectivity index (χ0) is 66.9. The number of urea groups is 2. The molecule has 10 N–H and O–H groups in total. The fourth-order valence-corrected chi connectivity index (χ4v) is 19.0. The van der Waals surface area contributed by atoms with Gasteiger partial charge in [-0.25, -0.2) is 37.3 Å². The number of halogens is 2. The minimum atomic E-state index is -3.57. The third kappa shape index (κ3) is 26.0. The molecule has 9 rings (SSSR count). The molecule has 0 saturated carbocycles. The monoisotopic (exact) mass is 1440 g/mol. The lowest BCUT2D eigenvalue weighted by Crippen LogP contribution is -2.34. The van der Waals surface area contributed by atoms with E-state index in [4.69, 9.17) is 23.8 Å². The minimum Gasteiger partial charge on any atom is -0.472 e. The second kappa shape index (κ2) is 38.9. The number of anilines is 2. The van der Waals surface area contributed by atoms with Crippen LogP contribution in [0.3, 0.4) is 0 Å². The maximum Gasteiger partial charge on any atom is 0.382 e. The van der Waals surface area contributed by atoms with Gasteiger partial charge in [0.25, 0.3) is 0 Å². The lowest BCUT2D eigenvalue weighted by Gasteiger charge is -2.33. The van der Waals surface area contributed by atoms with Gasteiger partial charge in [-0.3, -0.25) is 18.5 Å². The molecule has 0 bridgehead atoms. The van der Waals surface area contributed by atoms with Crippen molar-refractivity contribution in [2.45, 2.75) is 87.0 Å². The number of aromatic nitrogens is 4. The van der Waals surface area contributed by atoms with E-state index in [2.05, 4.69) is 122 Å². The number of carbonyl (C=O) groups excluding carboxylic acids is 3. The van der Waals surface area contributed by atoms with Gasteiger partial charge in [0.2, 0.25) is 0 Å². The van der Waals surface area contributed by atoms with Gasteiger partial charge < -0.3 is 52.3 Å². The van der Waals surface area contributed by atoms with Gasteiger partial charge in [-0.15, -0.1) is 0 Å². The number of nitrogens with zero attached hydrogens (tertiary/aromatic N) is 3. The number of carboxylic acids is 1. The number of nitrogens with two attached hydrogens (primary N) is 1. The Morgan fingerprint density at radius 3 is 1.37 bits per heavy atom. The van der Waals surface area contributed by atoms with E-state index in [1.165, 1.54) is 19.6 Å². The molecule has 4 aromatic heterocycles. The molecule has 0 aliphatic carbocycles. The van der Waals surface area contributed by atoms with Crippen molar-refractivity contribution in [1.29, 1.82) is 0 Å². The summed E-state index contributed by atoms with van der Waals surface area (Å²) in [5.41, 5.74) is 13.8. The number of rotatable bonds is 18. The number of aromatic amines is 2. The Morgan fingerprint density at radius 2 is 0.967 bits per heavy atom. The van der Waals surface area contributed by atoms with Crippen LogP contribution >= 0.6 is 54.6 Å². The summed E-state index contributed by atoms with van der Waals surface area (Å²) in [5, 5.41) is 24.2. The first-order valence-corrected chi connectivity index (χ1v) is 36.4. The molecule has 0 atom stereocenters. The number of carbonyl (C=O) groups is 4. The van der Waals surface area contributed by atoms with Crippen LogP contribution in [0.2, 0.25) is 0 Å². The highest BCUT2D eigenvalue weighted by atomic mass is 79.9. The number of benzene rings is 4. The highest BCUT2D eigenvalue weighted by Crippen LogP contribution is 2.82. The maximum atomic E-state index is 12.3. The molecular formula is C65H78Br2N11O11P3. The summed E-state index contributed by atoms with van der Waals surface area (Å²) in [7, 11) is -10.7. The number of nitrogens with one attached hydrogen (secondary N) is 7. The van der Waals surface area contributed by atoms with E-state index in [-0.39, 0.29) is 30.5 Å². The third-order valence-corrected chi connectivity index (χ3v) is 23.1. The van der Waals surface area contributed by atoms with E-state index in [9.17, 15) is 32.9 Å². The molecular weight excluding hydrogens is 1360 g/mol. The molecule has 1 saturated heterocycles. The second-order valence-electron chi connectivity index (χ2n) is 20.0. The average Bonchev–Trinajstić information content (AvgIpc) is 0.903. The first kappa shape index (κ1) is 74.9. The zero-order valence-electron chi connectivity index (χ0n) is 52.1. The van der Waals surface area contributed by atoms with Crippen LogP contribution in [-0.2, 0) is 62.4 Å². The Morgan fingerprint density at radius 1 is 0.554 bits per heavy atom. The highest BCUT2D eigenvalue weighted by Gasteiger charge is 2.51. The SMILES string of the molecule is CCCP1(=O)OP(=O)(CCC)OP(=O)(CCC)O1.CCN(CC)CC.Nc1cccc(CNC(=O)NCc2ccnc3[nH]cc(Br)c23)c1.O=C(C#Cc1ccccc1)Nc1cccc(CNC(=O)NCc2ccnc3[nH]cc(Br)c23)c1.O=C(O)C#Cc1ccccc1. The largest absolute Gasteiger partial charge is 0.472 e. The van der Waals surface area contributed by atoms with E-state index < -0.39 is 34.7 Å². The standard InChI is InChI=1S/C25H20BrN5O2.C16H16BrN5O.C9H21O6P3.C9H6O2.C6H15N/c26-21-16-28-24-23(21)19(11-12-27-24)15-30-25(33)29-14-18-7-4-8-20(13-18)31-22(32)10-9-17-5-2-1-3-6-17;17-13-9-20-15-14(13)11(4-5-19-15)8-22-16(23)21-7-10-2-1-3-12(18)6-10;1-4-7-16(10)13-17(11,8-5-2)15-18(12,14-16)9-6-3;10-9(11)7-6-8-4-2-1-3-5-8;1-4-7(5-2)6-3/h1-8,11-13,16H,14-15H2,(H,27,28)(H,31,32)(H2,29,30,33);1-6,9H,7-8,18H2,(H,19,20)(H2,21,22,23);4-9H2,1-3H3;1-5H,(H,10,11);4-6H2,1-3H3. The normalized spacial score (nSPS) is 16.1. The molecule has 27 heteroatoms. The lowest BCUT2D eigenvalue weighted by atomic mass is 10.2. The first-order chi connectivity index (χ1) is 44.1. The molecule has 1 fully saturated rings. The third-order valence-electron chi connectivity index (χ3n) is 12.9. The number of hydrogen-bond acceptors (Lipinski definition) is 14. The van der Waals surface area contributed by atoms with Crippen LogP contribution < -0.4 is 32.3 Å². The number of pyridine rings is 2. The number of aliphatic carboxylic acids is 1. The zero-order valence-corrected chi connectivity index (χ0v) is 58.0. The number of hydrogen-bond donors (Lipinski definition) is 9.